The molecule has 0 saturated carbocycles. The number of urea groups is 1. The van der Waals surface area contributed by atoms with Gasteiger partial charge in [-0.3, -0.25) is 0 Å². The first-order valence-corrected chi connectivity index (χ1v) is 18.6. The second kappa shape index (κ2) is 18.6. The number of allylic oxidation sites excluding steroid dienone is 1. The number of amides is 2. The number of anilines is 1. The Bertz CT molecular complexity index is 1920. The molecule has 3 aromatic rings. The normalized spacial score (nSPS) is 12.2. The fraction of sp³-hybridized carbons (Fsp3) is 0.353. The summed E-state index contributed by atoms with van der Waals surface area (Å²) in [5.41, 5.74) is 4.72. The summed E-state index contributed by atoms with van der Waals surface area (Å²) in [7, 11) is -7.78. The van der Waals surface area contributed by atoms with Crippen LogP contribution >= 0.6 is 0 Å². The number of rotatable bonds is 8. The van der Waals surface area contributed by atoms with Gasteiger partial charge in [0.15, 0.2) is 11.1 Å². The maximum atomic E-state index is 12.3. The van der Waals surface area contributed by atoms with Gasteiger partial charge >= 0.3 is 6.03 Å². The van der Waals surface area contributed by atoms with Gasteiger partial charge in [0.2, 0.25) is 6.21 Å². The van der Waals surface area contributed by atoms with Crippen LogP contribution in [0.3, 0.4) is 0 Å². The molecule has 0 radical (unpaired) electrons. The van der Waals surface area contributed by atoms with Crippen molar-refractivity contribution in [2.24, 2.45) is 15.3 Å². The number of nitrogens with one attached hydrogen (secondary N) is 2. The summed E-state index contributed by atoms with van der Waals surface area (Å²) in [5.74, 6) is 1.82. The number of sulfonamides is 2. The zero-order valence-corrected chi connectivity index (χ0v) is 30.9. The van der Waals surface area contributed by atoms with Gasteiger partial charge in [0.1, 0.15) is 11.8 Å². The molecule has 2 heterocycles. The summed E-state index contributed by atoms with van der Waals surface area (Å²) >= 11 is 0. The van der Waals surface area contributed by atoms with Gasteiger partial charge in [-0.15, -0.1) is 10.4 Å². The number of hydrogen-bond acceptors (Lipinski definition) is 11. The molecule has 0 unspecified atom stereocenters. The van der Waals surface area contributed by atoms with Gasteiger partial charge in [-0.2, -0.15) is 13.5 Å². The van der Waals surface area contributed by atoms with Crippen LogP contribution in [0.15, 0.2) is 82.1 Å². The Balaban J connectivity index is 0.000000292. The second-order valence-corrected chi connectivity index (χ2v) is 15.2. The van der Waals surface area contributed by atoms with Crippen LogP contribution in [0.1, 0.15) is 101 Å². The third-order valence-electron chi connectivity index (χ3n) is 6.93. The molecule has 1 aliphatic rings. The number of benzene rings is 2. The van der Waals surface area contributed by atoms with Crippen molar-refractivity contribution in [1.82, 2.24) is 14.9 Å². The smallest absolute Gasteiger partial charge is 0.333 e. The van der Waals surface area contributed by atoms with E-state index in [4.69, 9.17) is 15.1 Å². The quantitative estimate of drug-likeness (QED) is 0.179. The molecule has 1 aromatic heterocycles. The number of aromatic nitrogens is 2. The number of primary sulfonamides is 1. The molecular weight excluding hydrogens is 681 g/mol. The molecule has 266 valence electrons. The molecule has 0 atom stereocenters. The predicted molar refractivity (Wildman–Crippen MR) is 194 cm³/mol. The van der Waals surface area contributed by atoms with E-state index in [0.29, 0.717) is 17.5 Å². The maximum Gasteiger partial charge on any atom is 0.333 e. The molecule has 0 spiro atoms. The van der Waals surface area contributed by atoms with Crippen LogP contribution in [0.2, 0.25) is 0 Å². The topological polar surface area (TPSA) is 219 Å². The van der Waals surface area contributed by atoms with E-state index in [1.165, 1.54) is 30.5 Å². The third-order valence-corrected chi connectivity index (χ3v) is 8.95. The lowest BCUT2D eigenvalue weighted by molar-refractivity contribution is 0.256. The van der Waals surface area contributed by atoms with E-state index in [2.05, 4.69) is 59.6 Å². The molecule has 0 bridgehead atoms. The number of para-hydroxylation sites is 2. The summed E-state index contributed by atoms with van der Waals surface area (Å²) in [6.45, 7) is 16.5. The highest BCUT2D eigenvalue weighted by Gasteiger charge is 2.22. The van der Waals surface area contributed by atoms with E-state index < -0.39 is 26.1 Å². The molecule has 2 amide bonds. The molecule has 4 rings (SSSR count). The SMILES string of the molecule is CC(C)c1cccc(C(C)C)c1NC(=O)NS(=O)(=O)c1cccnn1.CC(C)c1cccc(C(C)C)c1OC#N.NS(=O)(=O)C1=NN=[C+]C=C1. The van der Waals surface area contributed by atoms with E-state index in [9.17, 15) is 21.6 Å². The number of hydrogen-bond donors (Lipinski definition) is 3. The Morgan fingerprint density at radius 1 is 0.840 bits per heavy atom. The minimum absolute atomic E-state index is 0.172. The van der Waals surface area contributed by atoms with Gasteiger partial charge in [0.05, 0.1) is 0 Å². The van der Waals surface area contributed by atoms with Crippen molar-refractivity contribution in [1.29, 1.82) is 5.26 Å². The number of nitrogens with two attached hydrogens (primary N) is 1. The Kier molecular flexibility index (Phi) is 15.3. The van der Waals surface area contributed by atoms with Gasteiger partial charge < -0.3 is 10.1 Å². The van der Waals surface area contributed by atoms with Crippen molar-refractivity contribution in [3.05, 3.63) is 89.1 Å². The van der Waals surface area contributed by atoms with Crippen molar-refractivity contribution in [2.45, 2.75) is 84.1 Å². The van der Waals surface area contributed by atoms with Gasteiger partial charge in [-0.1, -0.05) is 96.9 Å². The summed E-state index contributed by atoms with van der Waals surface area (Å²) in [6.07, 6.45) is 8.00. The first-order valence-electron chi connectivity index (χ1n) is 15.6. The maximum absolute atomic E-state index is 12.3. The van der Waals surface area contributed by atoms with E-state index in [-0.39, 0.29) is 21.9 Å². The summed E-state index contributed by atoms with van der Waals surface area (Å²) in [4.78, 5) is 12.3. The average Bonchev–Trinajstić information content (AvgIpc) is 3.05. The number of carbonyl (C=O) groups is 1. The van der Waals surface area contributed by atoms with Crippen LogP contribution in [0.5, 0.6) is 5.75 Å². The molecule has 14 nitrogen and oxygen atoms in total. The third kappa shape index (κ3) is 12.1. The summed E-state index contributed by atoms with van der Waals surface area (Å²) in [6, 6.07) is 13.7. The van der Waals surface area contributed by atoms with Crippen molar-refractivity contribution >= 4 is 43.0 Å². The lowest BCUT2D eigenvalue weighted by Gasteiger charge is -2.20. The Morgan fingerprint density at radius 2 is 1.36 bits per heavy atom. The molecule has 50 heavy (non-hydrogen) atoms. The standard InChI is InChI=1S/C17H22N4O3S.C13H17NO.C4H4N3O2S/c1-11(2)13-7-5-8-14(12(3)4)16(13)19-17(22)21-25(23,24)15-9-6-10-18-20-15;1-9(2)11-6-5-7-12(10(3)4)13(11)15-8-14;5-10(8,9)4-2-1-3-6-7-4/h5-12H,1-4H3,(H2,19,21,22);5-7,9-10H,1-4H3;1-2H,(H2,5,8,9)/q;;+1. The highest BCUT2D eigenvalue weighted by atomic mass is 32.2. The molecule has 16 heteroatoms. The second-order valence-electron chi connectivity index (χ2n) is 12.1. The average molecular weight is 724 g/mol. The van der Waals surface area contributed by atoms with Crippen LogP contribution in [-0.4, -0.2) is 44.3 Å². The zero-order valence-electron chi connectivity index (χ0n) is 29.2. The first-order chi connectivity index (χ1) is 23.4. The van der Waals surface area contributed by atoms with Crippen LogP contribution in [0, 0.1) is 11.5 Å². The summed E-state index contributed by atoms with van der Waals surface area (Å²) < 4.78 is 52.4. The van der Waals surface area contributed by atoms with Crippen molar-refractivity contribution in [3.63, 3.8) is 0 Å². The van der Waals surface area contributed by atoms with Crippen LogP contribution in [0.4, 0.5) is 10.5 Å². The Morgan fingerprint density at radius 3 is 1.74 bits per heavy atom. The molecule has 4 N–H and O–H groups in total. The zero-order chi connectivity index (χ0) is 37.6. The number of carbonyl (C=O) groups excluding carboxylic acids is 1. The van der Waals surface area contributed by atoms with Crippen LogP contribution < -0.4 is 19.9 Å². The molecular formula is C34H43N8O6S2+. The van der Waals surface area contributed by atoms with Crippen LogP contribution in [0.25, 0.3) is 0 Å². The van der Waals surface area contributed by atoms with E-state index >= 15 is 0 Å². The lowest BCUT2D eigenvalue weighted by atomic mass is 9.93. The van der Waals surface area contributed by atoms with Crippen LogP contribution in [-0.2, 0) is 20.0 Å². The minimum Gasteiger partial charge on any atom is -0.387 e. The number of nitriles is 1. The van der Waals surface area contributed by atoms with Gasteiger partial charge in [-0.05, 0) is 58.1 Å². The molecule has 0 saturated heterocycles. The molecule has 0 fully saturated rings. The van der Waals surface area contributed by atoms with E-state index in [1.54, 1.807) is 6.26 Å². The monoisotopic (exact) mass is 723 g/mol. The van der Waals surface area contributed by atoms with E-state index in [1.807, 2.05) is 68.8 Å². The Labute approximate surface area is 294 Å². The van der Waals surface area contributed by atoms with Crippen molar-refractivity contribution in [2.75, 3.05) is 5.32 Å². The van der Waals surface area contributed by atoms with E-state index in [0.717, 1.165) is 28.0 Å². The lowest BCUT2D eigenvalue weighted by Crippen LogP contribution is -2.35. The molecule has 0 aliphatic carbocycles. The van der Waals surface area contributed by atoms with Crippen molar-refractivity contribution in [3.8, 4) is 12.0 Å². The number of ether oxygens (including phenoxy) is 1. The Hall–Kier alpha value is -5.07. The number of nitrogens with zero attached hydrogens (tertiary/aromatic N) is 5. The van der Waals surface area contributed by atoms with Gasteiger partial charge in [0, 0.05) is 17.0 Å². The fourth-order valence-corrected chi connectivity index (χ4v) is 5.72. The van der Waals surface area contributed by atoms with Gasteiger partial charge in [-0.25, -0.2) is 23.1 Å². The first kappa shape index (κ1) is 41.1. The predicted octanol–water partition coefficient (Wildman–Crippen LogP) is 6.13. The largest absolute Gasteiger partial charge is 0.387 e. The molecule has 1 aliphatic heterocycles. The van der Waals surface area contributed by atoms with Crippen molar-refractivity contribution < 1.29 is 26.4 Å². The minimum atomic E-state index is -4.08. The highest BCUT2D eigenvalue weighted by molar-refractivity contribution is 8.04. The summed E-state index contributed by atoms with van der Waals surface area (Å²) in [5, 5.41) is 29.0. The van der Waals surface area contributed by atoms with Gasteiger partial charge in [0.25, 0.3) is 31.3 Å². The fourth-order valence-electron chi connectivity index (χ4n) is 4.49. The highest BCUT2D eigenvalue weighted by Crippen LogP contribution is 2.34. The molecule has 2 aromatic carbocycles.